The average Bonchev–Trinajstić information content (AvgIpc) is 2.98. The van der Waals surface area contributed by atoms with Crippen molar-refractivity contribution in [1.82, 2.24) is 15.0 Å². The highest BCUT2D eigenvalue weighted by atomic mass is 79.9. The molecular formula is C15H12BrN5. The van der Waals surface area contributed by atoms with Gasteiger partial charge in [-0.2, -0.15) is 15.0 Å². The van der Waals surface area contributed by atoms with Gasteiger partial charge in [-0.1, -0.05) is 34.1 Å². The van der Waals surface area contributed by atoms with Crippen molar-refractivity contribution >= 4 is 27.8 Å². The van der Waals surface area contributed by atoms with Gasteiger partial charge in [-0.25, -0.2) is 0 Å². The minimum absolute atomic E-state index is 0.682. The first kappa shape index (κ1) is 13.5. The zero-order chi connectivity index (χ0) is 14.5. The SMILES string of the molecule is Brc1ccc(-n2ncc(C=NNc3ccccc3)n2)cc1. The average molecular weight is 342 g/mol. The second-order valence-corrected chi connectivity index (χ2v) is 5.19. The Labute approximate surface area is 130 Å². The molecule has 0 atom stereocenters. The number of hydrogen-bond donors (Lipinski definition) is 1. The van der Waals surface area contributed by atoms with E-state index in [2.05, 4.69) is 36.7 Å². The highest BCUT2D eigenvalue weighted by Crippen LogP contribution is 2.12. The second-order valence-electron chi connectivity index (χ2n) is 4.27. The summed E-state index contributed by atoms with van der Waals surface area (Å²) in [6, 6.07) is 17.5. The van der Waals surface area contributed by atoms with E-state index in [0.29, 0.717) is 5.69 Å². The third kappa shape index (κ3) is 3.55. The highest BCUT2D eigenvalue weighted by Gasteiger charge is 2.00. The molecule has 3 rings (SSSR count). The van der Waals surface area contributed by atoms with E-state index < -0.39 is 0 Å². The van der Waals surface area contributed by atoms with E-state index in [1.165, 1.54) is 0 Å². The monoisotopic (exact) mass is 341 g/mol. The Morgan fingerprint density at radius 3 is 2.57 bits per heavy atom. The molecule has 0 saturated heterocycles. The number of nitrogens with one attached hydrogen (secondary N) is 1. The number of para-hydroxylation sites is 1. The summed E-state index contributed by atoms with van der Waals surface area (Å²) in [7, 11) is 0. The van der Waals surface area contributed by atoms with Gasteiger partial charge in [0.05, 0.1) is 23.8 Å². The fourth-order valence-corrected chi connectivity index (χ4v) is 1.98. The van der Waals surface area contributed by atoms with Gasteiger partial charge in [0, 0.05) is 4.47 Å². The normalized spacial score (nSPS) is 10.9. The Morgan fingerprint density at radius 1 is 1.05 bits per heavy atom. The van der Waals surface area contributed by atoms with Crippen LogP contribution in [0.4, 0.5) is 5.69 Å². The van der Waals surface area contributed by atoms with E-state index in [4.69, 9.17) is 0 Å². The minimum atomic E-state index is 0.682. The molecule has 2 aromatic carbocycles. The lowest BCUT2D eigenvalue weighted by atomic mass is 10.3. The van der Waals surface area contributed by atoms with Crippen LogP contribution >= 0.6 is 15.9 Å². The first-order chi connectivity index (χ1) is 10.3. The molecule has 21 heavy (non-hydrogen) atoms. The van der Waals surface area contributed by atoms with Crippen molar-refractivity contribution in [2.24, 2.45) is 5.10 Å². The molecule has 0 bridgehead atoms. The van der Waals surface area contributed by atoms with Crippen molar-refractivity contribution in [1.29, 1.82) is 0 Å². The smallest absolute Gasteiger partial charge is 0.126 e. The van der Waals surface area contributed by atoms with Crippen LogP contribution in [0.3, 0.4) is 0 Å². The van der Waals surface area contributed by atoms with Crippen molar-refractivity contribution in [2.45, 2.75) is 0 Å². The predicted octanol–water partition coefficient (Wildman–Crippen LogP) is 3.48. The Balaban J connectivity index is 1.69. The second kappa shape index (κ2) is 6.32. The van der Waals surface area contributed by atoms with Crippen LogP contribution in [0.25, 0.3) is 5.69 Å². The molecule has 0 aliphatic heterocycles. The van der Waals surface area contributed by atoms with Crippen molar-refractivity contribution in [3.63, 3.8) is 0 Å². The summed E-state index contributed by atoms with van der Waals surface area (Å²) in [4.78, 5) is 1.57. The first-order valence-corrected chi connectivity index (χ1v) is 7.13. The summed E-state index contributed by atoms with van der Waals surface area (Å²) in [5.41, 5.74) is 5.44. The maximum atomic E-state index is 4.34. The van der Waals surface area contributed by atoms with Crippen molar-refractivity contribution in [3.05, 3.63) is 71.0 Å². The van der Waals surface area contributed by atoms with E-state index >= 15 is 0 Å². The summed E-state index contributed by atoms with van der Waals surface area (Å²) in [5, 5.41) is 12.7. The molecule has 3 aromatic rings. The van der Waals surface area contributed by atoms with Gasteiger partial charge in [0.2, 0.25) is 0 Å². The van der Waals surface area contributed by atoms with Gasteiger partial charge in [0.15, 0.2) is 0 Å². The Morgan fingerprint density at radius 2 is 1.81 bits per heavy atom. The molecule has 1 heterocycles. The zero-order valence-corrected chi connectivity index (χ0v) is 12.6. The number of halogens is 1. The van der Waals surface area contributed by atoms with E-state index in [1.54, 1.807) is 17.2 Å². The standard InChI is InChI=1S/C15H12BrN5/c16-12-6-8-15(9-7-12)21-18-11-14(20-21)10-17-19-13-4-2-1-3-5-13/h1-11,19H. The third-order valence-electron chi connectivity index (χ3n) is 2.73. The summed E-state index contributed by atoms with van der Waals surface area (Å²) < 4.78 is 1.02. The van der Waals surface area contributed by atoms with Gasteiger partial charge in [0.1, 0.15) is 5.69 Å². The van der Waals surface area contributed by atoms with E-state index in [0.717, 1.165) is 15.8 Å². The van der Waals surface area contributed by atoms with Gasteiger partial charge in [-0.15, -0.1) is 5.10 Å². The Kier molecular flexibility index (Phi) is 4.07. The van der Waals surface area contributed by atoms with Crippen LogP contribution in [-0.2, 0) is 0 Å². The van der Waals surface area contributed by atoms with Crippen LogP contribution in [0, 0.1) is 0 Å². The van der Waals surface area contributed by atoms with Gasteiger partial charge >= 0.3 is 0 Å². The lowest BCUT2D eigenvalue weighted by Crippen LogP contribution is -1.99. The summed E-state index contributed by atoms with van der Waals surface area (Å²) in [5.74, 6) is 0. The molecule has 104 valence electrons. The number of hydrogen-bond acceptors (Lipinski definition) is 4. The van der Waals surface area contributed by atoms with Crippen molar-refractivity contribution < 1.29 is 0 Å². The summed E-state index contributed by atoms with van der Waals surface area (Å²) in [6.45, 7) is 0. The fraction of sp³-hybridized carbons (Fsp3) is 0. The van der Waals surface area contributed by atoms with E-state index in [9.17, 15) is 0 Å². The van der Waals surface area contributed by atoms with E-state index in [-0.39, 0.29) is 0 Å². The minimum Gasteiger partial charge on any atom is -0.278 e. The number of anilines is 1. The molecule has 0 fully saturated rings. The fourth-order valence-electron chi connectivity index (χ4n) is 1.72. The molecular weight excluding hydrogens is 330 g/mol. The molecule has 1 N–H and O–H groups in total. The lowest BCUT2D eigenvalue weighted by molar-refractivity contribution is 0.750. The quantitative estimate of drug-likeness (QED) is 0.583. The van der Waals surface area contributed by atoms with Crippen LogP contribution in [0.1, 0.15) is 5.69 Å². The van der Waals surface area contributed by atoms with Crippen molar-refractivity contribution in [2.75, 3.05) is 5.43 Å². The molecule has 0 amide bonds. The lowest BCUT2D eigenvalue weighted by Gasteiger charge is -1.98. The summed E-state index contributed by atoms with van der Waals surface area (Å²) >= 11 is 3.40. The Bertz CT molecular complexity index is 734. The third-order valence-corrected chi connectivity index (χ3v) is 3.26. The number of hydrazone groups is 1. The molecule has 0 saturated carbocycles. The van der Waals surface area contributed by atoms with Gasteiger partial charge < -0.3 is 0 Å². The number of aromatic nitrogens is 3. The molecule has 1 aromatic heterocycles. The van der Waals surface area contributed by atoms with Crippen LogP contribution < -0.4 is 5.43 Å². The van der Waals surface area contributed by atoms with Crippen molar-refractivity contribution in [3.8, 4) is 5.69 Å². The number of benzene rings is 2. The van der Waals surface area contributed by atoms with Crippen LogP contribution in [-0.4, -0.2) is 21.2 Å². The van der Waals surface area contributed by atoms with Gasteiger partial charge in [-0.05, 0) is 36.4 Å². The molecule has 0 aliphatic carbocycles. The largest absolute Gasteiger partial charge is 0.278 e. The highest BCUT2D eigenvalue weighted by molar-refractivity contribution is 9.10. The van der Waals surface area contributed by atoms with Crippen LogP contribution in [0.2, 0.25) is 0 Å². The van der Waals surface area contributed by atoms with Crippen LogP contribution in [0.15, 0.2) is 70.4 Å². The van der Waals surface area contributed by atoms with Gasteiger partial charge in [-0.3, -0.25) is 5.43 Å². The van der Waals surface area contributed by atoms with Gasteiger partial charge in [0.25, 0.3) is 0 Å². The zero-order valence-electron chi connectivity index (χ0n) is 11.0. The van der Waals surface area contributed by atoms with E-state index in [1.807, 2.05) is 54.6 Å². The van der Waals surface area contributed by atoms with Crippen LogP contribution in [0.5, 0.6) is 0 Å². The topological polar surface area (TPSA) is 55.1 Å². The summed E-state index contributed by atoms with van der Waals surface area (Å²) in [6.07, 6.45) is 3.30. The Hall–Kier alpha value is -2.47. The molecule has 0 radical (unpaired) electrons. The number of nitrogens with zero attached hydrogens (tertiary/aromatic N) is 4. The molecule has 6 heteroatoms. The first-order valence-electron chi connectivity index (χ1n) is 6.34. The molecule has 0 unspecified atom stereocenters. The molecule has 0 spiro atoms. The number of rotatable bonds is 4. The molecule has 5 nitrogen and oxygen atoms in total. The maximum Gasteiger partial charge on any atom is 0.126 e. The maximum absolute atomic E-state index is 4.34. The predicted molar refractivity (Wildman–Crippen MR) is 86.7 cm³/mol. The molecule has 0 aliphatic rings.